The summed E-state index contributed by atoms with van der Waals surface area (Å²) in [5.41, 5.74) is 0. The lowest BCUT2D eigenvalue weighted by molar-refractivity contribution is -0.872. The van der Waals surface area contributed by atoms with E-state index in [2.05, 4.69) is 6.19 Å². The van der Waals surface area contributed by atoms with Gasteiger partial charge in [-0.15, -0.1) is 5.26 Å². The zero-order chi connectivity index (χ0) is 6.74. The average Bonchev–Trinajstić information content (AvgIpc) is 2.36. The van der Waals surface area contributed by atoms with Crippen LogP contribution in [-0.2, 0) is 0 Å². The van der Waals surface area contributed by atoms with Crippen molar-refractivity contribution in [1.29, 1.82) is 5.26 Å². The molecule has 0 aromatic rings. The molecule has 0 aromatic heterocycles. The van der Waals surface area contributed by atoms with E-state index in [-0.39, 0.29) is 11.2 Å². The first-order valence-electron chi connectivity index (χ1n) is 3.21. The number of rotatable bonds is 1. The second-order valence-corrected chi connectivity index (χ2v) is 2.54. The molecule has 0 aromatic carbocycles. The van der Waals surface area contributed by atoms with Crippen LogP contribution in [0.15, 0.2) is 0 Å². The molecule has 50 valence electrons. The van der Waals surface area contributed by atoms with Crippen molar-refractivity contribution in [1.82, 2.24) is 0 Å². The smallest absolute Gasteiger partial charge is 0.310 e. The Morgan fingerprint density at radius 1 is 1.44 bits per heavy atom. The fraction of sp³-hybridized carbons (Fsp3) is 0.833. The van der Waals surface area contributed by atoms with Crippen LogP contribution in [-0.4, -0.2) is 29.4 Å². The van der Waals surface area contributed by atoms with Crippen LogP contribution in [0.3, 0.4) is 0 Å². The molecule has 0 unspecified atom stereocenters. The van der Waals surface area contributed by atoms with Gasteiger partial charge in [-0.05, 0) is 0 Å². The van der Waals surface area contributed by atoms with Gasteiger partial charge in [0, 0.05) is 12.8 Å². The van der Waals surface area contributed by atoms with Crippen molar-refractivity contribution < 1.29 is 9.59 Å². The average molecular weight is 127 g/mol. The van der Waals surface area contributed by atoms with Crippen LogP contribution >= 0.6 is 0 Å². The standard InChI is InChI=1S/C6H11N2O/c7-5-8(6-9)3-1-2-4-8/h9H,1-4,6H2/q+1. The second-order valence-electron chi connectivity index (χ2n) is 2.54. The molecule has 9 heavy (non-hydrogen) atoms. The lowest BCUT2D eigenvalue weighted by Crippen LogP contribution is -2.40. The number of nitriles is 1. The van der Waals surface area contributed by atoms with Gasteiger partial charge in [-0.2, -0.15) is 0 Å². The molecule has 1 aliphatic rings. The van der Waals surface area contributed by atoms with E-state index in [0.717, 1.165) is 25.9 Å². The number of aliphatic hydroxyl groups excluding tert-OH is 1. The highest BCUT2D eigenvalue weighted by molar-refractivity contribution is 4.62. The molecule has 3 nitrogen and oxygen atoms in total. The minimum Gasteiger partial charge on any atom is -0.346 e. The van der Waals surface area contributed by atoms with Gasteiger partial charge in [0.15, 0.2) is 6.73 Å². The van der Waals surface area contributed by atoms with Gasteiger partial charge < -0.3 is 5.11 Å². The normalized spacial score (nSPS) is 23.6. The summed E-state index contributed by atoms with van der Waals surface area (Å²) >= 11 is 0. The molecule has 0 spiro atoms. The van der Waals surface area contributed by atoms with Gasteiger partial charge in [0.2, 0.25) is 0 Å². The molecule has 0 bridgehead atoms. The van der Waals surface area contributed by atoms with Gasteiger partial charge in [-0.1, -0.05) is 0 Å². The van der Waals surface area contributed by atoms with Crippen LogP contribution in [0.4, 0.5) is 0 Å². The molecule has 1 fully saturated rings. The summed E-state index contributed by atoms with van der Waals surface area (Å²) in [6.07, 6.45) is 4.27. The number of aliphatic hydroxyl groups is 1. The Bertz CT molecular complexity index is 132. The van der Waals surface area contributed by atoms with Crippen molar-refractivity contribution in [3.8, 4) is 6.19 Å². The van der Waals surface area contributed by atoms with Gasteiger partial charge in [-0.3, -0.25) is 0 Å². The predicted molar refractivity (Wildman–Crippen MR) is 31.9 cm³/mol. The number of hydrogen-bond donors (Lipinski definition) is 1. The highest BCUT2D eigenvalue weighted by Gasteiger charge is 2.31. The number of likely N-dealkylation sites (tertiary alicyclic amines) is 1. The first-order chi connectivity index (χ1) is 4.33. The molecule has 0 amide bonds. The molecule has 1 rings (SSSR count). The van der Waals surface area contributed by atoms with E-state index < -0.39 is 0 Å². The van der Waals surface area contributed by atoms with Crippen LogP contribution in [0.25, 0.3) is 0 Å². The predicted octanol–water partition coefficient (Wildman–Crippen LogP) is 0.0279. The van der Waals surface area contributed by atoms with Crippen molar-refractivity contribution in [3.63, 3.8) is 0 Å². The SMILES string of the molecule is N#C[N+]1(CO)CCCC1. The van der Waals surface area contributed by atoms with Crippen LogP contribution < -0.4 is 0 Å². The Labute approximate surface area is 54.7 Å². The lowest BCUT2D eigenvalue weighted by atomic mass is 10.4. The number of hydrogen-bond acceptors (Lipinski definition) is 2. The van der Waals surface area contributed by atoms with E-state index in [1.807, 2.05) is 0 Å². The third kappa shape index (κ3) is 1.04. The van der Waals surface area contributed by atoms with E-state index in [9.17, 15) is 0 Å². The molecule has 0 saturated carbocycles. The quantitative estimate of drug-likeness (QED) is 0.399. The highest BCUT2D eigenvalue weighted by atomic mass is 16.3. The van der Waals surface area contributed by atoms with Gasteiger partial charge in [0.1, 0.15) is 0 Å². The maximum Gasteiger partial charge on any atom is 0.310 e. The number of quaternary nitrogens is 1. The molecule has 3 heteroatoms. The molecule has 1 aliphatic heterocycles. The molecule has 0 aliphatic carbocycles. The van der Waals surface area contributed by atoms with Crippen molar-refractivity contribution in [2.45, 2.75) is 12.8 Å². The Balaban J connectivity index is 2.59. The summed E-state index contributed by atoms with van der Waals surface area (Å²) < 4.78 is 0.250. The Hall–Kier alpha value is -0.590. The highest BCUT2D eigenvalue weighted by Crippen LogP contribution is 2.15. The molecule has 1 heterocycles. The van der Waals surface area contributed by atoms with Crippen LogP contribution in [0.1, 0.15) is 12.8 Å². The van der Waals surface area contributed by atoms with Gasteiger partial charge in [0.05, 0.1) is 13.1 Å². The maximum atomic E-state index is 8.77. The third-order valence-electron chi connectivity index (χ3n) is 1.91. The van der Waals surface area contributed by atoms with Crippen molar-refractivity contribution in [2.24, 2.45) is 0 Å². The molecule has 0 atom stereocenters. The fourth-order valence-corrected chi connectivity index (χ4v) is 1.21. The zero-order valence-corrected chi connectivity index (χ0v) is 5.38. The van der Waals surface area contributed by atoms with Crippen LogP contribution in [0.2, 0.25) is 0 Å². The molecule has 1 saturated heterocycles. The Morgan fingerprint density at radius 2 is 2.00 bits per heavy atom. The van der Waals surface area contributed by atoms with Crippen LogP contribution in [0.5, 0.6) is 0 Å². The van der Waals surface area contributed by atoms with Crippen molar-refractivity contribution in [2.75, 3.05) is 19.8 Å². The minimum absolute atomic E-state index is 0.0174. The Kier molecular flexibility index (Phi) is 1.70. The van der Waals surface area contributed by atoms with Crippen LogP contribution in [0, 0.1) is 11.5 Å². The zero-order valence-electron chi connectivity index (χ0n) is 5.38. The second kappa shape index (κ2) is 2.34. The Morgan fingerprint density at radius 3 is 2.22 bits per heavy atom. The number of nitrogens with zero attached hydrogens (tertiary/aromatic N) is 2. The van der Waals surface area contributed by atoms with Gasteiger partial charge in [-0.25, -0.2) is 4.48 Å². The summed E-state index contributed by atoms with van der Waals surface area (Å²) in [4.78, 5) is 0. The molecular formula is C6H11N2O+. The molecule has 0 radical (unpaired) electrons. The lowest BCUT2D eigenvalue weighted by Gasteiger charge is -2.19. The van der Waals surface area contributed by atoms with E-state index in [1.165, 1.54) is 0 Å². The van der Waals surface area contributed by atoms with Gasteiger partial charge >= 0.3 is 6.19 Å². The largest absolute Gasteiger partial charge is 0.346 e. The van der Waals surface area contributed by atoms with Crippen molar-refractivity contribution in [3.05, 3.63) is 0 Å². The fourth-order valence-electron chi connectivity index (χ4n) is 1.21. The van der Waals surface area contributed by atoms with E-state index in [4.69, 9.17) is 10.4 Å². The first-order valence-corrected chi connectivity index (χ1v) is 3.21. The topological polar surface area (TPSA) is 44.0 Å². The van der Waals surface area contributed by atoms with Crippen molar-refractivity contribution >= 4 is 0 Å². The minimum atomic E-state index is -0.0174. The van der Waals surface area contributed by atoms with E-state index in [1.54, 1.807) is 0 Å². The first kappa shape index (κ1) is 6.53. The summed E-state index contributed by atoms with van der Waals surface area (Å²) in [7, 11) is 0. The molecular weight excluding hydrogens is 116 g/mol. The molecule has 1 N–H and O–H groups in total. The summed E-state index contributed by atoms with van der Waals surface area (Å²) in [5, 5.41) is 17.3. The summed E-state index contributed by atoms with van der Waals surface area (Å²) in [5.74, 6) is 0. The summed E-state index contributed by atoms with van der Waals surface area (Å²) in [6, 6.07) is 0. The monoisotopic (exact) mass is 127 g/mol. The maximum absolute atomic E-state index is 8.77. The van der Waals surface area contributed by atoms with E-state index >= 15 is 0 Å². The van der Waals surface area contributed by atoms with E-state index in [0.29, 0.717) is 0 Å². The van der Waals surface area contributed by atoms with Gasteiger partial charge in [0.25, 0.3) is 0 Å². The summed E-state index contributed by atoms with van der Waals surface area (Å²) in [6.45, 7) is 1.64. The third-order valence-corrected chi connectivity index (χ3v) is 1.91.